The van der Waals surface area contributed by atoms with Gasteiger partial charge in [0, 0.05) is 25.3 Å². The SMILES string of the molecule is O=C(O)COc1cccc(C(=O)N2CC(OCCCc3ccccc3)C2)c1. The number of ether oxygens (including phenoxy) is 2. The molecular formula is C21H23NO5. The van der Waals surface area contributed by atoms with Crippen LogP contribution in [0.3, 0.4) is 0 Å². The molecule has 1 amide bonds. The number of benzene rings is 2. The van der Waals surface area contributed by atoms with E-state index in [-0.39, 0.29) is 12.0 Å². The predicted molar refractivity (Wildman–Crippen MR) is 100.0 cm³/mol. The maximum absolute atomic E-state index is 12.5. The second-order valence-corrected chi connectivity index (χ2v) is 6.50. The minimum Gasteiger partial charge on any atom is -0.482 e. The van der Waals surface area contributed by atoms with Gasteiger partial charge in [-0.2, -0.15) is 0 Å². The van der Waals surface area contributed by atoms with Crippen molar-refractivity contribution < 1.29 is 24.2 Å². The molecule has 0 bridgehead atoms. The van der Waals surface area contributed by atoms with Gasteiger partial charge in [-0.15, -0.1) is 0 Å². The highest BCUT2D eigenvalue weighted by atomic mass is 16.5. The third-order valence-electron chi connectivity index (χ3n) is 4.38. The molecule has 1 N–H and O–H groups in total. The lowest BCUT2D eigenvalue weighted by molar-refractivity contribution is -0.139. The molecule has 1 fully saturated rings. The summed E-state index contributed by atoms with van der Waals surface area (Å²) in [5.41, 5.74) is 1.79. The lowest BCUT2D eigenvalue weighted by Gasteiger charge is -2.39. The van der Waals surface area contributed by atoms with Gasteiger partial charge >= 0.3 is 5.97 Å². The van der Waals surface area contributed by atoms with Gasteiger partial charge < -0.3 is 19.5 Å². The standard InChI is InChI=1S/C21H23NO5/c23-20(24)15-27-18-10-4-9-17(12-18)21(25)22-13-19(14-22)26-11-5-8-16-6-2-1-3-7-16/h1-4,6-7,9-10,12,19H,5,8,11,13-15H2,(H,23,24). The van der Waals surface area contributed by atoms with Crippen LogP contribution in [0.1, 0.15) is 22.3 Å². The van der Waals surface area contributed by atoms with Crippen molar-refractivity contribution in [1.82, 2.24) is 4.90 Å². The van der Waals surface area contributed by atoms with Crippen LogP contribution in [0.4, 0.5) is 0 Å². The van der Waals surface area contributed by atoms with Gasteiger partial charge in [0.05, 0.1) is 6.10 Å². The molecule has 0 aliphatic carbocycles. The summed E-state index contributed by atoms with van der Waals surface area (Å²) in [5.74, 6) is -0.779. The molecule has 2 aromatic carbocycles. The highest BCUT2D eigenvalue weighted by molar-refractivity contribution is 5.95. The van der Waals surface area contributed by atoms with Crippen molar-refractivity contribution in [3.05, 3.63) is 65.7 Å². The molecule has 0 saturated carbocycles. The maximum Gasteiger partial charge on any atom is 0.341 e. The fourth-order valence-corrected chi connectivity index (χ4v) is 2.93. The highest BCUT2D eigenvalue weighted by Crippen LogP contribution is 2.19. The number of likely N-dealkylation sites (tertiary alicyclic amines) is 1. The van der Waals surface area contributed by atoms with Crippen molar-refractivity contribution in [3.8, 4) is 5.75 Å². The molecule has 1 saturated heterocycles. The van der Waals surface area contributed by atoms with Crippen molar-refractivity contribution in [3.63, 3.8) is 0 Å². The molecule has 0 unspecified atom stereocenters. The van der Waals surface area contributed by atoms with Crippen molar-refractivity contribution in [1.29, 1.82) is 0 Å². The Hall–Kier alpha value is -2.86. The van der Waals surface area contributed by atoms with Gasteiger partial charge in [0.15, 0.2) is 6.61 Å². The predicted octanol–water partition coefficient (Wildman–Crippen LogP) is 2.62. The molecule has 1 aliphatic rings. The van der Waals surface area contributed by atoms with Crippen molar-refractivity contribution in [2.75, 3.05) is 26.3 Å². The average molecular weight is 369 g/mol. The van der Waals surface area contributed by atoms with Crippen LogP contribution in [0.5, 0.6) is 5.75 Å². The third kappa shape index (κ3) is 5.56. The molecule has 6 heteroatoms. The summed E-state index contributed by atoms with van der Waals surface area (Å²) in [6.45, 7) is 1.40. The van der Waals surface area contributed by atoms with E-state index in [1.807, 2.05) is 18.2 Å². The fraction of sp³-hybridized carbons (Fsp3) is 0.333. The first kappa shape index (κ1) is 18.9. The zero-order valence-corrected chi connectivity index (χ0v) is 15.0. The molecule has 0 spiro atoms. The van der Waals surface area contributed by atoms with E-state index in [0.29, 0.717) is 31.0 Å². The minimum atomic E-state index is -1.05. The molecule has 2 aromatic rings. The lowest BCUT2D eigenvalue weighted by atomic mass is 10.1. The normalized spacial score (nSPS) is 13.9. The highest BCUT2D eigenvalue weighted by Gasteiger charge is 2.31. The Balaban J connectivity index is 1.38. The number of rotatable bonds is 9. The van der Waals surface area contributed by atoms with E-state index in [1.54, 1.807) is 29.2 Å². The van der Waals surface area contributed by atoms with Gasteiger partial charge in [-0.1, -0.05) is 36.4 Å². The van der Waals surface area contributed by atoms with Crippen LogP contribution in [-0.4, -0.2) is 54.3 Å². The van der Waals surface area contributed by atoms with E-state index in [9.17, 15) is 9.59 Å². The zero-order valence-electron chi connectivity index (χ0n) is 15.0. The summed E-state index contributed by atoms with van der Waals surface area (Å²) < 4.78 is 10.9. The lowest BCUT2D eigenvalue weighted by Crippen LogP contribution is -2.54. The smallest absolute Gasteiger partial charge is 0.341 e. The zero-order chi connectivity index (χ0) is 19.1. The third-order valence-corrected chi connectivity index (χ3v) is 4.38. The Bertz CT molecular complexity index is 771. The summed E-state index contributed by atoms with van der Waals surface area (Å²) in [4.78, 5) is 24.8. The van der Waals surface area contributed by atoms with E-state index >= 15 is 0 Å². The summed E-state index contributed by atoms with van der Waals surface area (Å²) in [5, 5.41) is 8.66. The first-order chi connectivity index (χ1) is 13.1. The number of carboxylic acids is 1. The van der Waals surface area contributed by atoms with Gasteiger partial charge in [0.2, 0.25) is 0 Å². The number of nitrogens with zero attached hydrogens (tertiary/aromatic N) is 1. The Kier molecular flexibility index (Phi) is 6.44. The van der Waals surface area contributed by atoms with Crippen LogP contribution < -0.4 is 4.74 Å². The topological polar surface area (TPSA) is 76.1 Å². The van der Waals surface area contributed by atoms with Gasteiger partial charge in [-0.05, 0) is 36.6 Å². The number of carbonyl (C=O) groups is 2. The van der Waals surface area contributed by atoms with Gasteiger partial charge in [0.1, 0.15) is 5.75 Å². The van der Waals surface area contributed by atoms with Crippen molar-refractivity contribution in [2.45, 2.75) is 18.9 Å². The largest absolute Gasteiger partial charge is 0.482 e. The Labute approximate surface area is 158 Å². The Morgan fingerprint density at radius 3 is 2.59 bits per heavy atom. The molecular weight excluding hydrogens is 346 g/mol. The van der Waals surface area contributed by atoms with Crippen molar-refractivity contribution in [2.24, 2.45) is 0 Å². The van der Waals surface area contributed by atoms with Gasteiger partial charge in [-0.3, -0.25) is 4.79 Å². The number of aryl methyl sites for hydroxylation is 1. The molecule has 6 nitrogen and oxygen atoms in total. The maximum atomic E-state index is 12.5. The van der Waals surface area contributed by atoms with Crippen LogP contribution in [0.2, 0.25) is 0 Å². The van der Waals surface area contributed by atoms with E-state index in [0.717, 1.165) is 12.8 Å². The molecule has 3 rings (SSSR count). The van der Waals surface area contributed by atoms with Crippen LogP contribution in [0, 0.1) is 0 Å². The quantitative estimate of drug-likeness (QED) is 0.688. The van der Waals surface area contributed by atoms with Crippen LogP contribution >= 0.6 is 0 Å². The monoisotopic (exact) mass is 369 g/mol. The number of aliphatic carboxylic acids is 1. The first-order valence-electron chi connectivity index (χ1n) is 9.01. The molecule has 1 aliphatic heterocycles. The van der Waals surface area contributed by atoms with E-state index in [2.05, 4.69) is 12.1 Å². The van der Waals surface area contributed by atoms with Crippen LogP contribution in [-0.2, 0) is 16.0 Å². The van der Waals surface area contributed by atoms with Crippen LogP contribution in [0.25, 0.3) is 0 Å². The average Bonchev–Trinajstić information content (AvgIpc) is 2.65. The minimum absolute atomic E-state index is 0.0798. The van der Waals surface area contributed by atoms with Gasteiger partial charge in [0.25, 0.3) is 5.91 Å². The number of carboxylic acid groups (broad SMARTS) is 1. The van der Waals surface area contributed by atoms with E-state index < -0.39 is 12.6 Å². The summed E-state index contributed by atoms with van der Waals surface area (Å²) >= 11 is 0. The summed E-state index contributed by atoms with van der Waals surface area (Å²) in [6.07, 6.45) is 2.02. The van der Waals surface area contributed by atoms with Crippen molar-refractivity contribution >= 4 is 11.9 Å². The summed E-state index contributed by atoms with van der Waals surface area (Å²) in [7, 11) is 0. The molecule has 27 heavy (non-hydrogen) atoms. The molecule has 0 atom stereocenters. The Morgan fingerprint density at radius 2 is 1.85 bits per heavy atom. The first-order valence-corrected chi connectivity index (χ1v) is 9.01. The second-order valence-electron chi connectivity index (χ2n) is 6.50. The van der Waals surface area contributed by atoms with E-state index in [1.165, 1.54) is 5.56 Å². The molecule has 0 radical (unpaired) electrons. The number of hydrogen-bond donors (Lipinski definition) is 1. The Morgan fingerprint density at radius 1 is 1.07 bits per heavy atom. The molecule has 0 aromatic heterocycles. The molecule has 1 heterocycles. The second kappa shape index (κ2) is 9.19. The number of amides is 1. The number of carbonyl (C=O) groups excluding carboxylic acids is 1. The van der Waals surface area contributed by atoms with Crippen LogP contribution in [0.15, 0.2) is 54.6 Å². The molecule has 142 valence electrons. The summed E-state index contributed by atoms with van der Waals surface area (Å²) in [6, 6.07) is 16.9. The van der Waals surface area contributed by atoms with Gasteiger partial charge in [-0.25, -0.2) is 4.79 Å². The van der Waals surface area contributed by atoms with E-state index in [4.69, 9.17) is 14.6 Å². The number of hydrogen-bond acceptors (Lipinski definition) is 4. The fourth-order valence-electron chi connectivity index (χ4n) is 2.93.